The molecule has 1 atom stereocenters. The van der Waals surface area contributed by atoms with Crippen molar-refractivity contribution in [1.82, 2.24) is 9.88 Å². The zero-order valence-corrected chi connectivity index (χ0v) is 15.2. The second-order valence-electron chi connectivity index (χ2n) is 7.16. The summed E-state index contributed by atoms with van der Waals surface area (Å²) >= 11 is 0. The molecule has 130 valence electrons. The molecule has 2 heterocycles. The van der Waals surface area contributed by atoms with E-state index in [1.165, 1.54) is 16.6 Å². The topological polar surface area (TPSA) is 46.1 Å². The molecule has 1 saturated carbocycles. The third-order valence-corrected chi connectivity index (χ3v) is 5.80. The first-order chi connectivity index (χ1) is 11.1. The van der Waals surface area contributed by atoms with Crippen molar-refractivity contribution in [3.63, 3.8) is 0 Å². The Morgan fingerprint density at radius 2 is 2.08 bits per heavy atom. The highest BCUT2D eigenvalue weighted by atomic mass is 35.5. The molecule has 2 fully saturated rings. The van der Waals surface area contributed by atoms with E-state index in [0.29, 0.717) is 5.41 Å². The summed E-state index contributed by atoms with van der Waals surface area (Å²) in [5, 5.41) is 7.74. The van der Waals surface area contributed by atoms with Gasteiger partial charge >= 0.3 is 0 Å². The van der Waals surface area contributed by atoms with E-state index >= 15 is 0 Å². The van der Waals surface area contributed by atoms with Gasteiger partial charge in [0.15, 0.2) is 0 Å². The quantitative estimate of drug-likeness (QED) is 0.888. The summed E-state index contributed by atoms with van der Waals surface area (Å²) in [6.07, 6.45) is 3.35. The molecule has 4 nitrogen and oxygen atoms in total. The molecule has 1 amide bonds. The van der Waals surface area contributed by atoms with Gasteiger partial charge in [-0.15, -0.1) is 12.4 Å². The van der Waals surface area contributed by atoms with Gasteiger partial charge in [-0.1, -0.05) is 0 Å². The van der Waals surface area contributed by atoms with Crippen molar-refractivity contribution in [2.45, 2.75) is 39.7 Å². The number of amides is 1. The average molecular weight is 348 g/mol. The number of rotatable bonds is 3. The number of aromatic nitrogens is 1. The fourth-order valence-electron chi connectivity index (χ4n) is 4.33. The monoisotopic (exact) mass is 347 g/mol. The molecule has 4 rings (SSSR count). The molecule has 1 aromatic carbocycles. The maximum Gasteiger partial charge on any atom is 0.228 e. The standard InChI is InChI=1S/C19H25N3O.ClH/c1-3-22-13(2)10-14-11-15(4-5-17(14)22)21-18(23)16-12-19(16)6-8-20-9-7-19;/h4-5,10-11,16,20H,3,6-9,12H2,1-2H3,(H,21,23);1H. The molecule has 1 aliphatic heterocycles. The predicted octanol–water partition coefficient (Wildman–Crippen LogP) is 3.72. The summed E-state index contributed by atoms with van der Waals surface area (Å²) in [7, 11) is 0. The first-order valence-corrected chi connectivity index (χ1v) is 8.74. The zero-order valence-electron chi connectivity index (χ0n) is 14.4. The molecule has 1 aliphatic carbocycles. The van der Waals surface area contributed by atoms with E-state index in [-0.39, 0.29) is 24.2 Å². The molecule has 0 radical (unpaired) electrons. The Labute approximate surface area is 149 Å². The van der Waals surface area contributed by atoms with Crippen LogP contribution in [0.4, 0.5) is 5.69 Å². The fraction of sp³-hybridized carbons (Fsp3) is 0.526. The van der Waals surface area contributed by atoms with Crippen LogP contribution in [0.2, 0.25) is 0 Å². The Kier molecular flexibility index (Phi) is 4.63. The van der Waals surface area contributed by atoms with Crippen molar-refractivity contribution in [1.29, 1.82) is 0 Å². The van der Waals surface area contributed by atoms with Crippen molar-refractivity contribution >= 4 is 34.9 Å². The first kappa shape index (κ1) is 17.3. The normalized spacial score (nSPS) is 21.5. The summed E-state index contributed by atoms with van der Waals surface area (Å²) in [4.78, 5) is 12.6. The number of anilines is 1. The fourth-order valence-corrected chi connectivity index (χ4v) is 4.33. The van der Waals surface area contributed by atoms with Crippen LogP contribution in [0.1, 0.15) is 31.9 Å². The molecule has 24 heavy (non-hydrogen) atoms. The highest BCUT2D eigenvalue weighted by molar-refractivity contribution is 5.97. The summed E-state index contributed by atoms with van der Waals surface area (Å²) < 4.78 is 2.30. The van der Waals surface area contributed by atoms with Gasteiger partial charge in [0.05, 0.1) is 0 Å². The number of piperidine rings is 1. The maximum absolute atomic E-state index is 12.6. The van der Waals surface area contributed by atoms with Crippen LogP contribution in [-0.2, 0) is 11.3 Å². The van der Waals surface area contributed by atoms with Gasteiger partial charge in [0.2, 0.25) is 5.91 Å². The van der Waals surface area contributed by atoms with Crippen LogP contribution in [-0.4, -0.2) is 23.6 Å². The van der Waals surface area contributed by atoms with Crippen LogP contribution in [0.3, 0.4) is 0 Å². The van der Waals surface area contributed by atoms with Gasteiger partial charge < -0.3 is 15.2 Å². The minimum absolute atomic E-state index is 0. The first-order valence-electron chi connectivity index (χ1n) is 8.74. The van der Waals surface area contributed by atoms with E-state index in [0.717, 1.165) is 44.6 Å². The van der Waals surface area contributed by atoms with E-state index < -0.39 is 0 Å². The molecule has 1 spiro atoms. The van der Waals surface area contributed by atoms with E-state index in [9.17, 15) is 4.79 Å². The van der Waals surface area contributed by atoms with Crippen molar-refractivity contribution in [2.75, 3.05) is 18.4 Å². The van der Waals surface area contributed by atoms with E-state index in [2.05, 4.69) is 47.2 Å². The maximum atomic E-state index is 12.6. The van der Waals surface area contributed by atoms with E-state index in [1.54, 1.807) is 0 Å². The van der Waals surface area contributed by atoms with Gasteiger partial charge in [0, 0.05) is 34.7 Å². The minimum atomic E-state index is 0. The minimum Gasteiger partial charge on any atom is -0.345 e. The summed E-state index contributed by atoms with van der Waals surface area (Å²) in [6, 6.07) is 8.45. The van der Waals surface area contributed by atoms with Crippen molar-refractivity contribution < 1.29 is 4.79 Å². The van der Waals surface area contributed by atoms with Gasteiger partial charge in [-0.3, -0.25) is 4.79 Å². The molecule has 1 unspecified atom stereocenters. The Bertz CT molecular complexity index is 761. The number of fused-ring (bicyclic) bond motifs is 1. The number of nitrogens with zero attached hydrogens (tertiary/aromatic N) is 1. The molecule has 1 saturated heterocycles. The SMILES string of the molecule is CCn1c(C)cc2cc(NC(=O)C3CC34CCNCC4)ccc21.Cl. The second kappa shape index (κ2) is 6.41. The lowest BCUT2D eigenvalue weighted by Crippen LogP contribution is -2.31. The average Bonchev–Trinajstić information content (AvgIpc) is 3.13. The highest BCUT2D eigenvalue weighted by Crippen LogP contribution is 2.58. The molecule has 2 aliphatic rings. The number of nitrogens with one attached hydrogen (secondary N) is 2. The summed E-state index contributed by atoms with van der Waals surface area (Å²) in [5.41, 5.74) is 3.72. The Morgan fingerprint density at radius 1 is 1.33 bits per heavy atom. The van der Waals surface area contributed by atoms with Crippen molar-refractivity contribution in [2.24, 2.45) is 11.3 Å². The van der Waals surface area contributed by atoms with Crippen molar-refractivity contribution in [3.8, 4) is 0 Å². The molecular weight excluding hydrogens is 322 g/mol. The molecule has 5 heteroatoms. The van der Waals surface area contributed by atoms with E-state index in [4.69, 9.17) is 0 Å². The smallest absolute Gasteiger partial charge is 0.228 e. The lowest BCUT2D eigenvalue weighted by atomic mass is 9.92. The highest BCUT2D eigenvalue weighted by Gasteiger charge is 2.57. The number of halogens is 1. The van der Waals surface area contributed by atoms with Gasteiger partial charge in [0.1, 0.15) is 0 Å². The van der Waals surface area contributed by atoms with Crippen LogP contribution in [0, 0.1) is 18.3 Å². The van der Waals surface area contributed by atoms with E-state index in [1.807, 2.05) is 6.07 Å². The summed E-state index contributed by atoms with van der Waals surface area (Å²) in [5.74, 6) is 0.417. The largest absolute Gasteiger partial charge is 0.345 e. The molecule has 0 bridgehead atoms. The molecule has 2 N–H and O–H groups in total. The second-order valence-corrected chi connectivity index (χ2v) is 7.16. The lowest BCUT2D eigenvalue weighted by Gasteiger charge is -2.23. The Morgan fingerprint density at radius 3 is 2.79 bits per heavy atom. The predicted molar refractivity (Wildman–Crippen MR) is 101 cm³/mol. The van der Waals surface area contributed by atoms with Crippen LogP contribution in [0.5, 0.6) is 0 Å². The summed E-state index contributed by atoms with van der Waals surface area (Å²) in [6.45, 7) is 7.37. The van der Waals surface area contributed by atoms with Gasteiger partial charge in [-0.05, 0) is 75.9 Å². The molecule has 1 aromatic heterocycles. The number of hydrogen-bond donors (Lipinski definition) is 2. The van der Waals surface area contributed by atoms with Crippen LogP contribution in [0.25, 0.3) is 10.9 Å². The number of carbonyl (C=O) groups excluding carboxylic acids is 1. The van der Waals surface area contributed by atoms with Gasteiger partial charge in [-0.25, -0.2) is 0 Å². The third kappa shape index (κ3) is 2.82. The molecule has 2 aromatic rings. The van der Waals surface area contributed by atoms with Crippen molar-refractivity contribution in [3.05, 3.63) is 30.0 Å². The van der Waals surface area contributed by atoms with Crippen LogP contribution >= 0.6 is 12.4 Å². The molecular formula is C19H26ClN3O. The number of benzene rings is 1. The van der Waals surface area contributed by atoms with Crippen LogP contribution in [0.15, 0.2) is 24.3 Å². The van der Waals surface area contributed by atoms with Crippen LogP contribution < -0.4 is 10.6 Å². The third-order valence-electron chi connectivity index (χ3n) is 5.80. The lowest BCUT2D eigenvalue weighted by molar-refractivity contribution is -0.118. The number of aryl methyl sites for hydroxylation is 2. The number of carbonyl (C=O) groups is 1. The Balaban J connectivity index is 0.00000169. The number of hydrogen-bond acceptors (Lipinski definition) is 2. The Hall–Kier alpha value is -1.52. The zero-order chi connectivity index (χ0) is 16.0. The van der Waals surface area contributed by atoms with Gasteiger partial charge in [-0.2, -0.15) is 0 Å². The van der Waals surface area contributed by atoms with Gasteiger partial charge in [0.25, 0.3) is 0 Å².